The molecule has 0 unspecified atom stereocenters. The van der Waals surface area contributed by atoms with Gasteiger partial charge in [-0.1, -0.05) is 106 Å². The van der Waals surface area contributed by atoms with E-state index in [1.54, 1.807) is 0 Å². The van der Waals surface area contributed by atoms with Crippen molar-refractivity contribution in [3.05, 3.63) is 109 Å². The molecule has 0 aliphatic heterocycles. The predicted molar refractivity (Wildman–Crippen MR) is 120 cm³/mol. The Morgan fingerprint density at radius 3 is 1.27 bits per heavy atom. The monoisotopic (exact) mass is 370 g/mol. The van der Waals surface area contributed by atoms with Crippen LogP contribution in [0.25, 0.3) is 20.2 Å². The van der Waals surface area contributed by atoms with Crippen LogP contribution in [0.5, 0.6) is 0 Å². The van der Waals surface area contributed by atoms with Gasteiger partial charge in [0.05, 0.1) is 0 Å². The average molecular weight is 370 g/mol. The molecule has 0 fully saturated rings. The van der Waals surface area contributed by atoms with Gasteiger partial charge in [-0.2, -0.15) is 0 Å². The number of rotatable bonds is 2. The third kappa shape index (κ3) is 4.02. The van der Waals surface area contributed by atoms with Crippen LogP contribution in [0.1, 0.15) is 0 Å². The van der Waals surface area contributed by atoms with Gasteiger partial charge in [0.15, 0.2) is 0 Å². The Balaban J connectivity index is 0.000000129. The number of fused-ring (bicyclic) bond motifs is 3. The third-order valence-corrected chi connectivity index (χ3v) is 6.52. The SMILES string of the molecule is c1ccc(Pc2ccccc2)cc1.c1ccc2c(c1)sc1ccccc12. The van der Waals surface area contributed by atoms with Gasteiger partial charge in [-0.15, -0.1) is 11.3 Å². The molecule has 0 amide bonds. The maximum Gasteiger partial charge on any atom is 0.0355 e. The van der Waals surface area contributed by atoms with Crippen molar-refractivity contribution in [2.75, 3.05) is 0 Å². The largest absolute Gasteiger partial charge is 0.135 e. The highest BCUT2D eigenvalue weighted by molar-refractivity contribution is 7.55. The van der Waals surface area contributed by atoms with E-state index in [0.29, 0.717) is 0 Å². The minimum absolute atomic E-state index is 0.777. The van der Waals surface area contributed by atoms with Crippen molar-refractivity contribution in [1.82, 2.24) is 0 Å². The second-order valence-corrected chi connectivity index (χ2v) is 8.44. The van der Waals surface area contributed by atoms with Crippen molar-refractivity contribution < 1.29 is 0 Å². The van der Waals surface area contributed by atoms with Crippen LogP contribution in [0.15, 0.2) is 109 Å². The Hall–Kier alpha value is -2.47. The Labute approximate surface area is 159 Å². The molecule has 5 rings (SSSR count). The molecule has 5 aromatic rings. The first-order chi connectivity index (χ1) is 12.9. The van der Waals surface area contributed by atoms with Gasteiger partial charge in [0.2, 0.25) is 0 Å². The molecule has 0 radical (unpaired) electrons. The maximum absolute atomic E-state index is 2.19. The number of thiophene rings is 1. The van der Waals surface area contributed by atoms with E-state index in [2.05, 4.69) is 109 Å². The summed E-state index contributed by atoms with van der Waals surface area (Å²) in [6.07, 6.45) is 0. The minimum Gasteiger partial charge on any atom is -0.135 e. The van der Waals surface area contributed by atoms with Crippen molar-refractivity contribution in [3.8, 4) is 0 Å². The van der Waals surface area contributed by atoms with E-state index in [-0.39, 0.29) is 0 Å². The zero-order chi connectivity index (χ0) is 17.6. The summed E-state index contributed by atoms with van der Waals surface area (Å²) >= 11 is 1.86. The van der Waals surface area contributed by atoms with Crippen LogP contribution in [0.2, 0.25) is 0 Å². The molecule has 0 N–H and O–H groups in total. The molecule has 1 aromatic heterocycles. The molecule has 0 spiro atoms. The molecule has 1 heterocycles. The first-order valence-electron chi connectivity index (χ1n) is 8.63. The van der Waals surface area contributed by atoms with Gasteiger partial charge in [0.25, 0.3) is 0 Å². The zero-order valence-electron chi connectivity index (χ0n) is 14.3. The maximum atomic E-state index is 2.19. The summed E-state index contributed by atoms with van der Waals surface area (Å²) in [5, 5.41) is 5.55. The minimum atomic E-state index is 0.777. The summed E-state index contributed by atoms with van der Waals surface area (Å²) in [4.78, 5) is 0. The number of benzene rings is 4. The lowest BCUT2D eigenvalue weighted by molar-refractivity contribution is 1.76. The van der Waals surface area contributed by atoms with Crippen molar-refractivity contribution in [2.45, 2.75) is 0 Å². The zero-order valence-corrected chi connectivity index (χ0v) is 16.1. The molecule has 0 bridgehead atoms. The molecule has 126 valence electrons. The Morgan fingerprint density at radius 1 is 0.423 bits per heavy atom. The quantitative estimate of drug-likeness (QED) is 0.317. The van der Waals surface area contributed by atoms with E-state index in [1.807, 2.05) is 11.3 Å². The Morgan fingerprint density at radius 2 is 0.808 bits per heavy atom. The van der Waals surface area contributed by atoms with Crippen LogP contribution in [0.4, 0.5) is 0 Å². The van der Waals surface area contributed by atoms with Gasteiger partial charge in [-0.25, -0.2) is 0 Å². The summed E-state index contributed by atoms with van der Waals surface area (Å²) in [5.74, 6) is 0. The second kappa shape index (κ2) is 8.27. The van der Waals surface area contributed by atoms with Crippen molar-refractivity contribution in [1.29, 1.82) is 0 Å². The molecular formula is C24H19PS. The lowest BCUT2D eigenvalue weighted by Crippen LogP contribution is -2.01. The highest BCUT2D eigenvalue weighted by Crippen LogP contribution is 2.32. The molecule has 4 aromatic carbocycles. The summed E-state index contributed by atoms with van der Waals surface area (Å²) in [7, 11) is 0.777. The van der Waals surface area contributed by atoms with E-state index in [0.717, 1.165) is 8.58 Å². The topological polar surface area (TPSA) is 0 Å². The smallest absolute Gasteiger partial charge is 0.0355 e. The van der Waals surface area contributed by atoms with Gasteiger partial charge < -0.3 is 0 Å². The highest BCUT2D eigenvalue weighted by Gasteiger charge is 2.01. The fourth-order valence-electron chi connectivity index (χ4n) is 2.88. The first-order valence-corrected chi connectivity index (χ1v) is 10.5. The normalized spacial score (nSPS) is 10.5. The van der Waals surface area contributed by atoms with Crippen molar-refractivity contribution in [2.24, 2.45) is 0 Å². The van der Waals surface area contributed by atoms with E-state index in [9.17, 15) is 0 Å². The molecule has 2 heteroatoms. The fourth-order valence-corrected chi connectivity index (χ4v) is 5.04. The molecule has 0 nitrogen and oxygen atoms in total. The summed E-state index contributed by atoms with van der Waals surface area (Å²) < 4.78 is 2.76. The molecule has 0 atom stereocenters. The van der Waals surface area contributed by atoms with Crippen molar-refractivity contribution in [3.63, 3.8) is 0 Å². The predicted octanol–water partition coefficient (Wildman–Crippen LogP) is 6.37. The van der Waals surface area contributed by atoms with E-state index < -0.39 is 0 Å². The molecule has 0 saturated heterocycles. The molecule has 0 saturated carbocycles. The van der Waals surface area contributed by atoms with Gasteiger partial charge in [-0.05, 0) is 22.7 Å². The number of hydrogen-bond acceptors (Lipinski definition) is 1. The fraction of sp³-hybridized carbons (Fsp3) is 0. The molecular weight excluding hydrogens is 351 g/mol. The lowest BCUT2D eigenvalue weighted by atomic mass is 10.2. The van der Waals surface area contributed by atoms with Crippen LogP contribution in [-0.4, -0.2) is 0 Å². The standard InChI is InChI=1S/C12H11P.C12H8S/c1-3-7-11(8-4-1)13-12-9-5-2-6-10-12;1-3-7-11-9(5-1)10-6-2-4-8-12(10)13-11/h1-10,13H;1-8H. The van der Waals surface area contributed by atoms with Crippen LogP contribution >= 0.6 is 19.9 Å². The van der Waals surface area contributed by atoms with Crippen LogP contribution in [0, 0.1) is 0 Å². The number of hydrogen-bond donors (Lipinski definition) is 0. The Bertz CT molecular complexity index is 1010. The van der Waals surface area contributed by atoms with E-state index >= 15 is 0 Å². The van der Waals surface area contributed by atoms with Gasteiger partial charge in [-0.3, -0.25) is 0 Å². The molecule has 26 heavy (non-hydrogen) atoms. The lowest BCUT2D eigenvalue weighted by Gasteiger charge is -2.00. The third-order valence-electron chi connectivity index (χ3n) is 4.12. The van der Waals surface area contributed by atoms with Crippen LogP contribution in [-0.2, 0) is 0 Å². The Kier molecular flexibility index (Phi) is 5.40. The van der Waals surface area contributed by atoms with Gasteiger partial charge in [0, 0.05) is 20.2 Å². The van der Waals surface area contributed by atoms with Crippen molar-refractivity contribution >= 4 is 50.7 Å². The summed E-state index contributed by atoms with van der Waals surface area (Å²) in [6, 6.07) is 38.3. The van der Waals surface area contributed by atoms with Gasteiger partial charge in [0.1, 0.15) is 0 Å². The molecule has 0 aliphatic carbocycles. The van der Waals surface area contributed by atoms with E-state index in [1.165, 1.54) is 30.8 Å². The second-order valence-electron chi connectivity index (χ2n) is 5.95. The summed E-state index contributed by atoms with van der Waals surface area (Å²) in [6.45, 7) is 0. The van der Waals surface area contributed by atoms with Gasteiger partial charge >= 0.3 is 0 Å². The van der Waals surface area contributed by atoms with Crippen LogP contribution in [0.3, 0.4) is 0 Å². The average Bonchev–Trinajstić information content (AvgIpc) is 3.09. The highest BCUT2D eigenvalue weighted by atomic mass is 32.1. The van der Waals surface area contributed by atoms with Crippen LogP contribution < -0.4 is 10.6 Å². The van der Waals surface area contributed by atoms with E-state index in [4.69, 9.17) is 0 Å². The summed E-state index contributed by atoms with van der Waals surface area (Å²) in [5.41, 5.74) is 0. The first kappa shape index (κ1) is 17.0. The molecule has 0 aliphatic rings.